The lowest BCUT2D eigenvalue weighted by Gasteiger charge is -2.38. The number of hydrogen-bond acceptors (Lipinski definition) is 3. The standard InChI is InChI=1S/C12H23NO2Si/c1-12(2,3)16(4,5)15-11(9-13)10-7-6-8-14-10/h6-8,11H,9,13H2,1-5H3. The van der Waals surface area contributed by atoms with Crippen LogP contribution >= 0.6 is 0 Å². The molecule has 4 heteroatoms. The number of nitrogens with two attached hydrogens (primary N) is 1. The van der Waals surface area contributed by atoms with Crippen molar-refractivity contribution in [3.63, 3.8) is 0 Å². The Morgan fingerprint density at radius 3 is 2.44 bits per heavy atom. The number of furan rings is 1. The van der Waals surface area contributed by atoms with Crippen molar-refractivity contribution in [1.29, 1.82) is 0 Å². The average Bonchev–Trinajstić information content (AvgIpc) is 2.65. The maximum Gasteiger partial charge on any atom is 0.193 e. The lowest BCUT2D eigenvalue weighted by atomic mass is 10.2. The minimum absolute atomic E-state index is 0.115. The summed E-state index contributed by atoms with van der Waals surface area (Å²) in [4.78, 5) is 0. The monoisotopic (exact) mass is 241 g/mol. The second-order valence-corrected chi connectivity index (χ2v) is 10.4. The third kappa shape index (κ3) is 2.96. The van der Waals surface area contributed by atoms with Crippen molar-refractivity contribution in [2.24, 2.45) is 5.73 Å². The molecule has 1 rings (SSSR count). The second-order valence-electron chi connectivity index (χ2n) is 5.62. The van der Waals surface area contributed by atoms with Crippen LogP contribution in [0, 0.1) is 0 Å². The molecule has 0 saturated heterocycles. The first-order valence-corrected chi connectivity index (χ1v) is 8.60. The second kappa shape index (κ2) is 4.73. The smallest absolute Gasteiger partial charge is 0.193 e. The van der Waals surface area contributed by atoms with Crippen molar-refractivity contribution in [2.45, 2.75) is 45.0 Å². The molecule has 0 amide bonds. The Labute approximate surface area is 99.1 Å². The Morgan fingerprint density at radius 1 is 1.44 bits per heavy atom. The molecule has 0 saturated carbocycles. The van der Waals surface area contributed by atoms with E-state index in [1.807, 2.05) is 12.1 Å². The highest BCUT2D eigenvalue weighted by Gasteiger charge is 2.39. The van der Waals surface area contributed by atoms with Crippen LogP contribution in [0.1, 0.15) is 32.6 Å². The largest absolute Gasteiger partial charge is 0.467 e. The molecule has 2 N–H and O–H groups in total. The van der Waals surface area contributed by atoms with Crippen LogP contribution in [0.5, 0.6) is 0 Å². The molecule has 0 aliphatic heterocycles. The quantitative estimate of drug-likeness (QED) is 0.823. The summed E-state index contributed by atoms with van der Waals surface area (Å²) >= 11 is 0. The summed E-state index contributed by atoms with van der Waals surface area (Å²) in [6.07, 6.45) is 1.54. The molecule has 3 nitrogen and oxygen atoms in total. The first kappa shape index (κ1) is 13.5. The first-order valence-electron chi connectivity index (χ1n) is 5.69. The summed E-state index contributed by atoms with van der Waals surface area (Å²) in [6, 6.07) is 3.79. The van der Waals surface area contributed by atoms with Gasteiger partial charge in [0.25, 0.3) is 0 Å². The van der Waals surface area contributed by atoms with Crippen molar-refractivity contribution in [2.75, 3.05) is 6.54 Å². The Bertz CT molecular complexity index is 314. The first-order chi connectivity index (χ1) is 7.28. The van der Waals surface area contributed by atoms with Gasteiger partial charge in [-0.15, -0.1) is 0 Å². The van der Waals surface area contributed by atoms with E-state index < -0.39 is 8.32 Å². The summed E-state index contributed by atoms with van der Waals surface area (Å²) in [7, 11) is -1.79. The Kier molecular flexibility index (Phi) is 3.99. The zero-order valence-electron chi connectivity index (χ0n) is 10.9. The molecular formula is C12H23NO2Si. The molecule has 0 bridgehead atoms. The summed E-state index contributed by atoms with van der Waals surface area (Å²) < 4.78 is 11.6. The average molecular weight is 241 g/mol. The topological polar surface area (TPSA) is 48.4 Å². The van der Waals surface area contributed by atoms with E-state index in [2.05, 4.69) is 33.9 Å². The van der Waals surface area contributed by atoms with Crippen molar-refractivity contribution in [3.8, 4) is 0 Å². The van der Waals surface area contributed by atoms with Crippen molar-refractivity contribution < 1.29 is 8.84 Å². The minimum Gasteiger partial charge on any atom is -0.467 e. The van der Waals surface area contributed by atoms with E-state index in [1.54, 1.807) is 6.26 Å². The van der Waals surface area contributed by atoms with Gasteiger partial charge in [0.1, 0.15) is 11.9 Å². The Morgan fingerprint density at radius 2 is 2.06 bits per heavy atom. The highest BCUT2D eigenvalue weighted by molar-refractivity contribution is 6.74. The number of hydrogen-bond donors (Lipinski definition) is 1. The van der Waals surface area contributed by atoms with E-state index in [1.165, 1.54) is 0 Å². The van der Waals surface area contributed by atoms with Gasteiger partial charge in [-0.05, 0) is 30.3 Å². The zero-order chi connectivity index (χ0) is 12.4. The fraction of sp³-hybridized carbons (Fsp3) is 0.667. The summed E-state index contributed by atoms with van der Waals surface area (Å²) in [6.45, 7) is 11.6. The van der Waals surface area contributed by atoms with Crippen molar-refractivity contribution in [1.82, 2.24) is 0 Å². The van der Waals surface area contributed by atoms with E-state index in [0.717, 1.165) is 5.76 Å². The van der Waals surface area contributed by atoms with Gasteiger partial charge in [0.2, 0.25) is 0 Å². The molecule has 0 spiro atoms. The van der Waals surface area contributed by atoms with E-state index in [9.17, 15) is 0 Å². The minimum atomic E-state index is -1.79. The molecular weight excluding hydrogens is 218 g/mol. The third-order valence-electron chi connectivity index (χ3n) is 3.32. The molecule has 0 radical (unpaired) electrons. The van der Waals surface area contributed by atoms with Crippen LogP contribution in [0.4, 0.5) is 0 Å². The lowest BCUT2D eigenvalue weighted by molar-refractivity contribution is 0.164. The SMILES string of the molecule is CC(C)(C)[Si](C)(C)OC(CN)c1ccco1. The van der Waals surface area contributed by atoms with Gasteiger partial charge in [-0.25, -0.2) is 0 Å². The predicted molar refractivity (Wildman–Crippen MR) is 68.8 cm³/mol. The van der Waals surface area contributed by atoms with Gasteiger partial charge in [0.15, 0.2) is 8.32 Å². The third-order valence-corrected chi connectivity index (χ3v) is 7.80. The van der Waals surface area contributed by atoms with Crippen molar-refractivity contribution >= 4 is 8.32 Å². The molecule has 92 valence electrons. The molecule has 1 aromatic heterocycles. The van der Waals surface area contributed by atoms with Crippen molar-refractivity contribution in [3.05, 3.63) is 24.2 Å². The van der Waals surface area contributed by atoms with Crippen LogP contribution in [-0.4, -0.2) is 14.9 Å². The Hall–Kier alpha value is -0.583. The molecule has 0 aliphatic rings. The summed E-state index contributed by atoms with van der Waals surface area (Å²) in [5.41, 5.74) is 5.75. The Balaban J connectivity index is 2.79. The van der Waals surface area contributed by atoms with Crippen LogP contribution in [-0.2, 0) is 4.43 Å². The lowest BCUT2D eigenvalue weighted by Crippen LogP contribution is -2.43. The van der Waals surface area contributed by atoms with Gasteiger partial charge in [-0.3, -0.25) is 0 Å². The highest BCUT2D eigenvalue weighted by Crippen LogP contribution is 2.39. The fourth-order valence-corrected chi connectivity index (χ4v) is 2.51. The van der Waals surface area contributed by atoms with Gasteiger partial charge >= 0.3 is 0 Å². The van der Waals surface area contributed by atoms with Gasteiger partial charge in [0.05, 0.1) is 6.26 Å². The maximum atomic E-state index is 6.22. The molecule has 16 heavy (non-hydrogen) atoms. The summed E-state index contributed by atoms with van der Waals surface area (Å²) in [5.74, 6) is 0.826. The van der Waals surface area contributed by atoms with Gasteiger partial charge < -0.3 is 14.6 Å². The zero-order valence-corrected chi connectivity index (χ0v) is 11.9. The number of rotatable bonds is 4. The molecule has 1 atom stereocenters. The van der Waals surface area contributed by atoms with Crippen LogP contribution in [0.2, 0.25) is 18.1 Å². The van der Waals surface area contributed by atoms with Crippen LogP contribution in [0.15, 0.2) is 22.8 Å². The van der Waals surface area contributed by atoms with Crippen LogP contribution in [0.3, 0.4) is 0 Å². The summed E-state index contributed by atoms with van der Waals surface area (Å²) in [5, 5.41) is 0.188. The molecule has 1 heterocycles. The molecule has 0 aromatic carbocycles. The van der Waals surface area contributed by atoms with Crippen LogP contribution in [0.25, 0.3) is 0 Å². The molecule has 1 unspecified atom stereocenters. The van der Waals surface area contributed by atoms with E-state index in [-0.39, 0.29) is 11.1 Å². The molecule has 0 fully saturated rings. The fourth-order valence-electron chi connectivity index (χ4n) is 1.23. The van der Waals surface area contributed by atoms with Crippen LogP contribution < -0.4 is 5.73 Å². The highest BCUT2D eigenvalue weighted by atomic mass is 28.4. The molecule has 0 aliphatic carbocycles. The predicted octanol–water partition coefficient (Wildman–Crippen LogP) is 3.30. The van der Waals surface area contributed by atoms with Gasteiger partial charge in [-0.2, -0.15) is 0 Å². The van der Waals surface area contributed by atoms with Gasteiger partial charge in [0, 0.05) is 6.54 Å². The van der Waals surface area contributed by atoms with E-state index in [0.29, 0.717) is 6.54 Å². The normalized spacial score (nSPS) is 15.1. The van der Waals surface area contributed by atoms with E-state index in [4.69, 9.17) is 14.6 Å². The van der Waals surface area contributed by atoms with Gasteiger partial charge in [-0.1, -0.05) is 20.8 Å². The molecule has 1 aromatic rings. The van der Waals surface area contributed by atoms with E-state index >= 15 is 0 Å². The maximum absolute atomic E-state index is 6.22.